The minimum absolute atomic E-state index is 0.0489. The number of nitrogens with one attached hydrogen (secondary N) is 2. The van der Waals surface area contributed by atoms with Crippen molar-refractivity contribution >= 4 is 11.8 Å². The van der Waals surface area contributed by atoms with Crippen LogP contribution in [0.2, 0.25) is 0 Å². The van der Waals surface area contributed by atoms with E-state index in [0.29, 0.717) is 44.0 Å². The lowest BCUT2D eigenvalue weighted by Gasteiger charge is -2.56. The standard InChI is InChI=1S/C24H34N2O4/c1-2-29-20-6-3-4-7-21(20)30-9-5-8-22(27)25-26-23(28)16-24-13-17-10-18(14-24)12-19(11-17)15-24/h3-4,6-7,17-19H,2,5,8-16H2,1H3,(H,25,27)(H,26,28). The lowest BCUT2D eigenvalue weighted by atomic mass is 9.49. The van der Waals surface area contributed by atoms with Crippen molar-refractivity contribution < 1.29 is 19.1 Å². The van der Waals surface area contributed by atoms with Gasteiger partial charge in [0, 0.05) is 12.8 Å². The molecule has 5 rings (SSSR count). The van der Waals surface area contributed by atoms with Gasteiger partial charge in [-0.15, -0.1) is 0 Å². The first-order valence-corrected chi connectivity index (χ1v) is 11.5. The molecule has 4 aliphatic carbocycles. The van der Waals surface area contributed by atoms with Gasteiger partial charge in [-0.25, -0.2) is 0 Å². The predicted octanol–water partition coefficient (Wildman–Crippen LogP) is 4.00. The molecule has 6 nitrogen and oxygen atoms in total. The molecule has 0 spiro atoms. The number of rotatable bonds is 9. The Morgan fingerprint density at radius 3 is 2.10 bits per heavy atom. The summed E-state index contributed by atoms with van der Waals surface area (Å²) in [5.41, 5.74) is 5.41. The van der Waals surface area contributed by atoms with Gasteiger partial charge in [-0.3, -0.25) is 20.4 Å². The molecule has 0 radical (unpaired) electrons. The van der Waals surface area contributed by atoms with Gasteiger partial charge in [0.05, 0.1) is 13.2 Å². The summed E-state index contributed by atoms with van der Waals surface area (Å²) in [5.74, 6) is 3.64. The van der Waals surface area contributed by atoms with Crippen molar-refractivity contribution in [3.8, 4) is 11.5 Å². The first-order chi connectivity index (χ1) is 14.5. The van der Waals surface area contributed by atoms with Gasteiger partial charge in [0.2, 0.25) is 11.8 Å². The van der Waals surface area contributed by atoms with Crippen molar-refractivity contribution in [2.45, 2.75) is 64.7 Å². The summed E-state index contributed by atoms with van der Waals surface area (Å²) >= 11 is 0. The molecule has 0 aromatic heterocycles. The van der Waals surface area contributed by atoms with E-state index < -0.39 is 0 Å². The molecule has 164 valence electrons. The van der Waals surface area contributed by atoms with Gasteiger partial charge in [-0.05, 0) is 87.2 Å². The number of ether oxygens (including phenoxy) is 2. The van der Waals surface area contributed by atoms with Crippen molar-refractivity contribution in [3.63, 3.8) is 0 Å². The predicted molar refractivity (Wildman–Crippen MR) is 114 cm³/mol. The first kappa shape index (κ1) is 21.0. The minimum atomic E-state index is -0.185. The van der Waals surface area contributed by atoms with Gasteiger partial charge < -0.3 is 9.47 Å². The average Bonchev–Trinajstić information content (AvgIpc) is 2.69. The molecule has 1 aromatic rings. The summed E-state index contributed by atoms with van der Waals surface area (Å²) in [4.78, 5) is 24.6. The summed E-state index contributed by atoms with van der Waals surface area (Å²) < 4.78 is 11.3. The topological polar surface area (TPSA) is 76.7 Å². The van der Waals surface area contributed by atoms with Gasteiger partial charge >= 0.3 is 0 Å². The van der Waals surface area contributed by atoms with E-state index >= 15 is 0 Å². The molecule has 2 amide bonds. The maximum atomic E-state index is 12.5. The quantitative estimate of drug-likeness (QED) is 0.473. The zero-order valence-electron chi connectivity index (χ0n) is 18.0. The van der Waals surface area contributed by atoms with E-state index in [-0.39, 0.29) is 17.2 Å². The van der Waals surface area contributed by atoms with Gasteiger partial charge in [0.15, 0.2) is 11.5 Å². The summed E-state index contributed by atoms with van der Waals surface area (Å²) in [5, 5.41) is 0. The zero-order valence-corrected chi connectivity index (χ0v) is 18.0. The van der Waals surface area contributed by atoms with Crippen LogP contribution in [0.1, 0.15) is 64.7 Å². The summed E-state index contributed by atoms with van der Waals surface area (Å²) in [6.45, 7) is 2.92. The van der Waals surface area contributed by atoms with Gasteiger partial charge in [-0.1, -0.05) is 12.1 Å². The Labute approximate surface area is 179 Å². The van der Waals surface area contributed by atoms with Gasteiger partial charge in [0.1, 0.15) is 0 Å². The third kappa shape index (κ3) is 5.08. The molecular formula is C24H34N2O4. The van der Waals surface area contributed by atoms with Crippen molar-refractivity contribution in [2.75, 3.05) is 13.2 Å². The Bertz CT molecular complexity index is 728. The van der Waals surface area contributed by atoms with E-state index in [1.165, 1.54) is 38.5 Å². The van der Waals surface area contributed by atoms with Gasteiger partial charge in [-0.2, -0.15) is 0 Å². The third-order valence-corrected chi connectivity index (χ3v) is 7.00. The fourth-order valence-corrected chi connectivity index (χ4v) is 6.35. The molecule has 4 aliphatic rings. The highest BCUT2D eigenvalue weighted by Gasteiger charge is 2.51. The van der Waals surface area contributed by atoms with E-state index in [4.69, 9.17) is 9.47 Å². The number of carbonyl (C=O) groups excluding carboxylic acids is 2. The van der Waals surface area contributed by atoms with Crippen LogP contribution in [0, 0.1) is 23.2 Å². The fraction of sp³-hybridized carbons (Fsp3) is 0.667. The smallest absolute Gasteiger partial charge is 0.238 e. The molecule has 1 aromatic carbocycles. The van der Waals surface area contributed by atoms with E-state index in [0.717, 1.165) is 17.8 Å². The Morgan fingerprint density at radius 1 is 0.933 bits per heavy atom. The van der Waals surface area contributed by atoms with Crippen LogP contribution < -0.4 is 20.3 Å². The van der Waals surface area contributed by atoms with Crippen LogP contribution in [-0.2, 0) is 9.59 Å². The third-order valence-electron chi connectivity index (χ3n) is 7.00. The van der Waals surface area contributed by atoms with Gasteiger partial charge in [0.25, 0.3) is 0 Å². The second kappa shape index (κ2) is 9.27. The number of carbonyl (C=O) groups is 2. The molecule has 4 saturated carbocycles. The number of benzene rings is 1. The van der Waals surface area contributed by atoms with E-state index in [2.05, 4.69) is 10.9 Å². The Morgan fingerprint density at radius 2 is 1.50 bits per heavy atom. The lowest BCUT2D eigenvalue weighted by molar-refractivity contribution is -0.134. The fourth-order valence-electron chi connectivity index (χ4n) is 6.35. The first-order valence-electron chi connectivity index (χ1n) is 11.5. The highest BCUT2D eigenvalue weighted by atomic mass is 16.5. The molecule has 2 N–H and O–H groups in total. The number of hydrogen-bond donors (Lipinski definition) is 2. The summed E-state index contributed by atoms with van der Waals surface area (Å²) in [7, 11) is 0. The average molecular weight is 415 g/mol. The maximum Gasteiger partial charge on any atom is 0.238 e. The Kier molecular flexibility index (Phi) is 6.49. The van der Waals surface area contributed by atoms with Crippen molar-refractivity contribution in [3.05, 3.63) is 24.3 Å². The van der Waals surface area contributed by atoms with Crippen LogP contribution in [-0.4, -0.2) is 25.0 Å². The molecule has 4 fully saturated rings. The second-order valence-electron chi connectivity index (χ2n) is 9.52. The molecular weight excluding hydrogens is 380 g/mol. The molecule has 0 atom stereocenters. The number of hydrazine groups is 1. The van der Waals surface area contributed by atoms with Crippen LogP contribution in [0.3, 0.4) is 0 Å². The Hall–Kier alpha value is -2.24. The molecule has 0 unspecified atom stereocenters. The summed E-state index contributed by atoms with van der Waals surface area (Å²) in [6, 6.07) is 7.52. The SMILES string of the molecule is CCOc1ccccc1OCCCC(=O)NNC(=O)CC12CC3CC(CC(C3)C1)C2. The highest BCUT2D eigenvalue weighted by Crippen LogP contribution is 2.61. The number of para-hydroxylation sites is 2. The highest BCUT2D eigenvalue weighted by molar-refractivity contribution is 5.82. The van der Waals surface area contributed by atoms with Crippen LogP contribution in [0.25, 0.3) is 0 Å². The number of hydrogen-bond acceptors (Lipinski definition) is 4. The summed E-state index contributed by atoms with van der Waals surface area (Å²) in [6.07, 6.45) is 9.11. The molecule has 6 heteroatoms. The van der Waals surface area contributed by atoms with Crippen LogP contribution in [0.5, 0.6) is 11.5 Å². The van der Waals surface area contributed by atoms with Crippen LogP contribution >= 0.6 is 0 Å². The largest absolute Gasteiger partial charge is 0.490 e. The molecule has 0 saturated heterocycles. The van der Waals surface area contributed by atoms with E-state index in [1.807, 2.05) is 31.2 Å². The maximum absolute atomic E-state index is 12.5. The molecule has 4 bridgehead atoms. The zero-order chi connectivity index (χ0) is 21.0. The van der Waals surface area contributed by atoms with E-state index in [9.17, 15) is 9.59 Å². The van der Waals surface area contributed by atoms with E-state index in [1.54, 1.807) is 0 Å². The molecule has 0 heterocycles. The van der Waals surface area contributed by atoms with Crippen molar-refractivity contribution in [1.82, 2.24) is 10.9 Å². The second-order valence-corrected chi connectivity index (χ2v) is 9.52. The molecule has 30 heavy (non-hydrogen) atoms. The lowest BCUT2D eigenvalue weighted by Crippen LogP contribution is -2.50. The van der Waals surface area contributed by atoms with Crippen molar-refractivity contribution in [1.29, 1.82) is 0 Å². The minimum Gasteiger partial charge on any atom is -0.490 e. The van der Waals surface area contributed by atoms with Crippen LogP contribution in [0.15, 0.2) is 24.3 Å². The van der Waals surface area contributed by atoms with Crippen molar-refractivity contribution in [2.24, 2.45) is 23.2 Å². The molecule has 0 aliphatic heterocycles. The Balaban J connectivity index is 1.14. The normalized spacial score (nSPS) is 28.8. The van der Waals surface area contributed by atoms with Crippen LogP contribution in [0.4, 0.5) is 0 Å². The monoisotopic (exact) mass is 414 g/mol. The number of amides is 2.